The summed E-state index contributed by atoms with van der Waals surface area (Å²) in [6, 6.07) is 3.78. The molecular formula is C16H13F3N6S2. The first-order chi connectivity index (χ1) is 13.0. The van der Waals surface area contributed by atoms with Crippen LogP contribution >= 0.6 is 22.7 Å². The van der Waals surface area contributed by atoms with Gasteiger partial charge in [0.25, 0.3) is 0 Å². The zero-order chi connectivity index (χ0) is 18.9. The van der Waals surface area contributed by atoms with E-state index in [0.29, 0.717) is 27.5 Å². The number of aromatic nitrogens is 3. The summed E-state index contributed by atoms with van der Waals surface area (Å²) in [4.78, 5) is 16.9. The van der Waals surface area contributed by atoms with Gasteiger partial charge in [-0.1, -0.05) is 6.07 Å². The van der Waals surface area contributed by atoms with Crippen molar-refractivity contribution in [2.24, 2.45) is 4.99 Å². The molecule has 27 heavy (non-hydrogen) atoms. The number of rotatable bonds is 3. The number of pyridine rings is 1. The van der Waals surface area contributed by atoms with E-state index >= 15 is 0 Å². The normalized spacial score (nSPS) is 14.6. The number of alkyl halides is 3. The zero-order valence-corrected chi connectivity index (χ0v) is 15.4. The van der Waals surface area contributed by atoms with Crippen LogP contribution in [-0.4, -0.2) is 34.0 Å². The van der Waals surface area contributed by atoms with Crippen molar-refractivity contribution in [2.75, 3.05) is 18.4 Å². The average Bonchev–Trinajstić information content (AvgIpc) is 3.31. The largest absolute Gasteiger partial charge is 0.433 e. The number of hydrogen-bond donors (Lipinski definition) is 2. The van der Waals surface area contributed by atoms with Gasteiger partial charge in [-0.25, -0.2) is 15.0 Å². The number of nitrogens with one attached hydrogen (secondary N) is 2. The second-order valence-electron chi connectivity index (χ2n) is 5.62. The lowest BCUT2D eigenvalue weighted by molar-refractivity contribution is -0.141. The maximum absolute atomic E-state index is 12.8. The molecule has 0 bridgehead atoms. The molecule has 3 aromatic heterocycles. The van der Waals surface area contributed by atoms with E-state index in [0.717, 1.165) is 25.6 Å². The first kappa shape index (κ1) is 17.9. The van der Waals surface area contributed by atoms with Crippen LogP contribution in [0.2, 0.25) is 0 Å². The minimum Gasteiger partial charge on any atom is -0.356 e. The van der Waals surface area contributed by atoms with Crippen LogP contribution < -0.4 is 10.6 Å². The van der Waals surface area contributed by atoms with Crippen LogP contribution in [0, 0.1) is 0 Å². The third-order valence-corrected chi connectivity index (χ3v) is 5.27. The molecule has 140 valence electrons. The highest BCUT2D eigenvalue weighted by Gasteiger charge is 2.32. The molecule has 3 aromatic rings. The lowest BCUT2D eigenvalue weighted by Crippen LogP contribution is -2.35. The Hall–Kier alpha value is -2.53. The standard InChI is InChI=1S/C16H13F3N6S2/c17-16(18,19)12-4-1-3-9(22-12)13-23-10(7-26-13)11-8-27-15(24-11)25-14-20-5-2-6-21-14/h1,3-4,7-8H,2,5-6H2,(H2,20,21,24,25). The summed E-state index contributed by atoms with van der Waals surface area (Å²) in [5, 5.41) is 10.9. The molecule has 1 aliphatic rings. The minimum atomic E-state index is -4.48. The van der Waals surface area contributed by atoms with E-state index < -0.39 is 11.9 Å². The van der Waals surface area contributed by atoms with Gasteiger partial charge in [-0.15, -0.1) is 22.7 Å². The highest BCUT2D eigenvalue weighted by Crippen LogP contribution is 2.32. The molecule has 0 aliphatic carbocycles. The number of anilines is 1. The molecule has 4 rings (SSSR count). The Morgan fingerprint density at radius 2 is 1.81 bits per heavy atom. The molecular weight excluding hydrogens is 397 g/mol. The molecule has 0 saturated heterocycles. The number of hydrogen-bond acceptors (Lipinski definition) is 8. The van der Waals surface area contributed by atoms with Crippen molar-refractivity contribution in [3.05, 3.63) is 34.7 Å². The van der Waals surface area contributed by atoms with Crippen LogP contribution in [0.25, 0.3) is 22.1 Å². The van der Waals surface area contributed by atoms with Gasteiger partial charge in [-0.3, -0.25) is 4.99 Å². The number of thiazole rings is 2. The maximum Gasteiger partial charge on any atom is 0.433 e. The van der Waals surface area contributed by atoms with Crippen LogP contribution in [0.4, 0.5) is 18.3 Å². The number of guanidine groups is 1. The predicted octanol–water partition coefficient (Wildman–Crippen LogP) is 4.11. The molecule has 0 saturated carbocycles. The molecule has 0 amide bonds. The smallest absolute Gasteiger partial charge is 0.356 e. The van der Waals surface area contributed by atoms with Crippen LogP contribution in [0.3, 0.4) is 0 Å². The Morgan fingerprint density at radius 1 is 1.00 bits per heavy atom. The molecule has 2 N–H and O–H groups in total. The Morgan fingerprint density at radius 3 is 2.59 bits per heavy atom. The van der Waals surface area contributed by atoms with Gasteiger partial charge in [-0.2, -0.15) is 13.2 Å². The minimum absolute atomic E-state index is 0.190. The molecule has 6 nitrogen and oxygen atoms in total. The van der Waals surface area contributed by atoms with E-state index in [4.69, 9.17) is 0 Å². The monoisotopic (exact) mass is 410 g/mol. The molecule has 4 heterocycles. The summed E-state index contributed by atoms with van der Waals surface area (Å²) < 4.78 is 38.5. The van der Waals surface area contributed by atoms with E-state index in [1.807, 2.05) is 5.38 Å². The molecule has 11 heteroatoms. The van der Waals surface area contributed by atoms with E-state index in [1.54, 1.807) is 5.38 Å². The van der Waals surface area contributed by atoms with Crippen molar-refractivity contribution in [3.63, 3.8) is 0 Å². The first-order valence-electron chi connectivity index (χ1n) is 8.00. The molecule has 0 unspecified atom stereocenters. The number of aliphatic imine (C=N–C) groups is 1. The Bertz CT molecular complexity index is 978. The second-order valence-corrected chi connectivity index (χ2v) is 7.33. The van der Waals surface area contributed by atoms with Crippen LogP contribution in [0.5, 0.6) is 0 Å². The second kappa shape index (κ2) is 7.24. The van der Waals surface area contributed by atoms with Crippen molar-refractivity contribution in [2.45, 2.75) is 12.6 Å². The van der Waals surface area contributed by atoms with Gasteiger partial charge in [-0.05, 0) is 18.6 Å². The Labute approximate surface area is 160 Å². The molecule has 0 radical (unpaired) electrons. The lowest BCUT2D eigenvalue weighted by atomic mass is 10.3. The Balaban J connectivity index is 1.54. The lowest BCUT2D eigenvalue weighted by Gasteiger charge is -2.13. The van der Waals surface area contributed by atoms with E-state index in [2.05, 4.69) is 30.6 Å². The van der Waals surface area contributed by atoms with Crippen molar-refractivity contribution in [1.29, 1.82) is 0 Å². The van der Waals surface area contributed by atoms with Gasteiger partial charge in [0.1, 0.15) is 22.1 Å². The van der Waals surface area contributed by atoms with E-state index in [9.17, 15) is 13.2 Å². The molecule has 1 aliphatic heterocycles. The van der Waals surface area contributed by atoms with Crippen molar-refractivity contribution in [3.8, 4) is 22.1 Å². The van der Waals surface area contributed by atoms with E-state index in [-0.39, 0.29) is 5.69 Å². The highest BCUT2D eigenvalue weighted by atomic mass is 32.1. The average molecular weight is 410 g/mol. The third-order valence-electron chi connectivity index (χ3n) is 3.65. The van der Waals surface area contributed by atoms with Gasteiger partial charge in [0.05, 0.1) is 5.69 Å². The van der Waals surface area contributed by atoms with Gasteiger partial charge in [0.2, 0.25) is 0 Å². The van der Waals surface area contributed by atoms with Gasteiger partial charge in [0, 0.05) is 23.8 Å². The molecule has 0 spiro atoms. The quantitative estimate of drug-likeness (QED) is 0.680. The van der Waals surface area contributed by atoms with E-state index in [1.165, 1.54) is 34.8 Å². The Kier molecular flexibility index (Phi) is 4.79. The van der Waals surface area contributed by atoms with Crippen molar-refractivity contribution in [1.82, 2.24) is 20.3 Å². The van der Waals surface area contributed by atoms with Gasteiger partial charge in [0.15, 0.2) is 11.1 Å². The first-order valence-corrected chi connectivity index (χ1v) is 9.76. The molecule has 0 aromatic carbocycles. The summed E-state index contributed by atoms with van der Waals surface area (Å²) in [5.74, 6) is 0.689. The van der Waals surface area contributed by atoms with Crippen molar-refractivity contribution >= 4 is 33.8 Å². The fourth-order valence-corrected chi connectivity index (χ4v) is 3.87. The van der Waals surface area contributed by atoms with Crippen molar-refractivity contribution < 1.29 is 13.2 Å². The molecule has 0 atom stereocenters. The fraction of sp³-hybridized carbons (Fsp3) is 0.250. The predicted molar refractivity (Wildman–Crippen MR) is 100.0 cm³/mol. The third kappa shape index (κ3) is 4.08. The summed E-state index contributed by atoms with van der Waals surface area (Å²) in [5.41, 5.74) is 0.499. The van der Waals surface area contributed by atoms with Crippen LogP contribution in [0.1, 0.15) is 12.1 Å². The molecule has 0 fully saturated rings. The summed E-state index contributed by atoms with van der Waals surface area (Å²) in [7, 11) is 0. The zero-order valence-electron chi connectivity index (χ0n) is 13.7. The topological polar surface area (TPSA) is 75.1 Å². The summed E-state index contributed by atoms with van der Waals surface area (Å²) in [6.45, 7) is 1.64. The SMILES string of the molecule is FC(F)(F)c1cccc(-c2nc(-c3csc(NC4=NCCCN4)n3)cs2)n1. The highest BCUT2D eigenvalue weighted by molar-refractivity contribution is 7.14. The van der Waals surface area contributed by atoms with Gasteiger partial charge < -0.3 is 10.6 Å². The van der Waals surface area contributed by atoms with Crippen LogP contribution in [0.15, 0.2) is 34.0 Å². The summed E-state index contributed by atoms with van der Waals surface area (Å²) in [6.07, 6.45) is -3.49. The number of halogens is 3. The van der Waals surface area contributed by atoms with Crippen LogP contribution in [-0.2, 0) is 6.18 Å². The summed E-state index contributed by atoms with van der Waals surface area (Å²) >= 11 is 2.64. The fourth-order valence-electron chi connectivity index (χ4n) is 2.39. The maximum atomic E-state index is 12.8. The van der Waals surface area contributed by atoms with Gasteiger partial charge >= 0.3 is 6.18 Å². The number of nitrogens with zero attached hydrogens (tertiary/aromatic N) is 4.